The molecule has 1 aromatic rings. The van der Waals surface area contributed by atoms with Crippen LogP contribution >= 0.6 is 0 Å². The standard InChI is InChI=1S/C13H16N2O.C2H6/c1-2-6-11-10(4-1)5-3-7-12(11)15-13-14-8-9-16-13;1-2/h1-2,4,6,12H,3,5,7-9H2,(H,14,15);1-2H3. The van der Waals surface area contributed by atoms with Gasteiger partial charge in [-0.05, 0) is 30.4 Å². The van der Waals surface area contributed by atoms with Crippen LogP contribution in [-0.4, -0.2) is 19.2 Å². The third kappa shape index (κ3) is 2.84. The van der Waals surface area contributed by atoms with Crippen LogP contribution in [0, 0.1) is 0 Å². The molecule has 1 unspecified atom stereocenters. The van der Waals surface area contributed by atoms with Crippen LogP contribution < -0.4 is 5.32 Å². The lowest BCUT2D eigenvalue weighted by Crippen LogP contribution is -2.31. The molecule has 18 heavy (non-hydrogen) atoms. The second-order valence-electron chi connectivity index (χ2n) is 4.32. The van der Waals surface area contributed by atoms with Crippen molar-refractivity contribution < 1.29 is 4.74 Å². The van der Waals surface area contributed by atoms with E-state index >= 15 is 0 Å². The van der Waals surface area contributed by atoms with Crippen LogP contribution in [0.5, 0.6) is 0 Å². The number of amidine groups is 1. The van der Waals surface area contributed by atoms with E-state index in [-0.39, 0.29) is 0 Å². The maximum Gasteiger partial charge on any atom is 0.285 e. The molecule has 1 aliphatic carbocycles. The van der Waals surface area contributed by atoms with Crippen molar-refractivity contribution in [2.24, 2.45) is 4.99 Å². The summed E-state index contributed by atoms with van der Waals surface area (Å²) < 4.78 is 5.41. The fourth-order valence-electron chi connectivity index (χ4n) is 2.48. The van der Waals surface area contributed by atoms with Crippen LogP contribution in [0.3, 0.4) is 0 Å². The maximum atomic E-state index is 5.41. The van der Waals surface area contributed by atoms with Gasteiger partial charge < -0.3 is 10.1 Å². The van der Waals surface area contributed by atoms with E-state index in [0.717, 1.165) is 19.2 Å². The fraction of sp³-hybridized carbons (Fsp3) is 0.533. The van der Waals surface area contributed by atoms with Crippen LogP contribution in [0.15, 0.2) is 29.3 Å². The molecule has 0 radical (unpaired) electrons. The smallest absolute Gasteiger partial charge is 0.285 e. The molecule has 98 valence electrons. The predicted molar refractivity (Wildman–Crippen MR) is 74.9 cm³/mol. The highest BCUT2D eigenvalue weighted by Gasteiger charge is 2.21. The Hall–Kier alpha value is -1.51. The minimum absolute atomic E-state index is 0.377. The number of fused-ring (bicyclic) bond motifs is 1. The van der Waals surface area contributed by atoms with Gasteiger partial charge in [0.25, 0.3) is 6.02 Å². The quantitative estimate of drug-likeness (QED) is 0.826. The van der Waals surface area contributed by atoms with Gasteiger partial charge in [-0.1, -0.05) is 38.1 Å². The summed E-state index contributed by atoms with van der Waals surface area (Å²) in [5, 5.41) is 3.40. The summed E-state index contributed by atoms with van der Waals surface area (Å²) in [6.45, 7) is 5.51. The molecule has 0 fully saturated rings. The predicted octanol–water partition coefficient (Wildman–Crippen LogP) is 3.07. The van der Waals surface area contributed by atoms with Crippen LogP contribution in [-0.2, 0) is 11.2 Å². The Bertz CT molecular complexity index is 415. The van der Waals surface area contributed by atoms with Gasteiger partial charge in [0.15, 0.2) is 0 Å². The molecule has 0 spiro atoms. The second-order valence-corrected chi connectivity index (χ2v) is 4.32. The van der Waals surface area contributed by atoms with E-state index in [1.807, 2.05) is 13.8 Å². The first-order valence-corrected chi connectivity index (χ1v) is 6.95. The zero-order chi connectivity index (χ0) is 12.8. The Morgan fingerprint density at radius 3 is 2.89 bits per heavy atom. The third-order valence-corrected chi connectivity index (χ3v) is 3.25. The topological polar surface area (TPSA) is 33.6 Å². The lowest BCUT2D eigenvalue weighted by atomic mass is 9.88. The van der Waals surface area contributed by atoms with E-state index in [4.69, 9.17) is 4.74 Å². The molecule has 3 nitrogen and oxygen atoms in total. The first-order chi connectivity index (χ1) is 8.93. The van der Waals surface area contributed by atoms with Crippen LogP contribution in [0.2, 0.25) is 0 Å². The molecule has 1 aliphatic heterocycles. The van der Waals surface area contributed by atoms with Gasteiger partial charge in [-0.2, -0.15) is 0 Å². The van der Waals surface area contributed by atoms with Crippen LogP contribution in [0.1, 0.15) is 43.9 Å². The number of benzene rings is 1. The summed E-state index contributed by atoms with van der Waals surface area (Å²) in [7, 11) is 0. The number of hydrogen-bond donors (Lipinski definition) is 1. The number of hydrogen-bond acceptors (Lipinski definition) is 3. The van der Waals surface area contributed by atoms with Crippen LogP contribution in [0.25, 0.3) is 0 Å². The highest BCUT2D eigenvalue weighted by molar-refractivity contribution is 5.75. The molecule has 3 heteroatoms. The highest BCUT2D eigenvalue weighted by atomic mass is 16.5. The Kier molecular flexibility index (Phi) is 4.62. The molecule has 0 aromatic heterocycles. The number of nitrogens with zero attached hydrogens (tertiary/aromatic N) is 1. The van der Waals surface area contributed by atoms with Gasteiger partial charge in [-0.15, -0.1) is 0 Å². The van der Waals surface area contributed by atoms with Gasteiger partial charge in [0, 0.05) is 0 Å². The van der Waals surface area contributed by atoms with Crippen molar-refractivity contribution in [2.75, 3.05) is 13.2 Å². The molecule has 1 heterocycles. The van der Waals surface area contributed by atoms with Crippen molar-refractivity contribution in [2.45, 2.75) is 39.2 Å². The first-order valence-electron chi connectivity index (χ1n) is 6.95. The largest absolute Gasteiger partial charge is 0.463 e. The lowest BCUT2D eigenvalue weighted by Gasteiger charge is -2.26. The normalized spacial score (nSPS) is 21.0. The molecule has 1 N–H and O–H groups in total. The van der Waals surface area contributed by atoms with E-state index in [0.29, 0.717) is 6.04 Å². The molecule has 0 bridgehead atoms. The number of aryl methyl sites for hydroxylation is 1. The van der Waals surface area contributed by atoms with Gasteiger partial charge in [0.05, 0.1) is 12.6 Å². The maximum absolute atomic E-state index is 5.41. The van der Waals surface area contributed by atoms with Gasteiger partial charge in [-0.3, -0.25) is 0 Å². The SMILES string of the molecule is CC.c1ccc2c(c1)CCCC2NC1=NCCO1. The van der Waals surface area contributed by atoms with Crippen molar-refractivity contribution in [1.82, 2.24) is 5.32 Å². The molecular formula is C15H22N2O. The number of nitrogens with one attached hydrogen (secondary N) is 1. The van der Waals surface area contributed by atoms with Crippen LogP contribution in [0.4, 0.5) is 0 Å². The average molecular weight is 246 g/mol. The average Bonchev–Trinajstić information content (AvgIpc) is 2.95. The summed E-state index contributed by atoms with van der Waals surface area (Å²) in [5.41, 5.74) is 2.87. The minimum Gasteiger partial charge on any atom is -0.463 e. The summed E-state index contributed by atoms with van der Waals surface area (Å²) in [6.07, 6.45) is 3.60. The minimum atomic E-state index is 0.377. The number of rotatable bonds is 1. The molecule has 0 saturated heterocycles. The third-order valence-electron chi connectivity index (χ3n) is 3.25. The summed E-state index contributed by atoms with van der Waals surface area (Å²) >= 11 is 0. The van der Waals surface area contributed by atoms with Gasteiger partial charge >= 0.3 is 0 Å². The van der Waals surface area contributed by atoms with Crippen molar-refractivity contribution in [1.29, 1.82) is 0 Å². The van der Waals surface area contributed by atoms with Crippen molar-refractivity contribution >= 4 is 6.02 Å². The molecule has 2 aliphatic rings. The van der Waals surface area contributed by atoms with E-state index in [2.05, 4.69) is 34.6 Å². The Labute approximate surface area is 109 Å². The Balaban J connectivity index is 0.000000574. The zero-order valence-electron chi connectivity index (χ0n) is 11.3. The molecular weight excluding hydrogens is 224 g/mol. The molecule has 0 saturated carbocycles. The lowest BCUT2D eigenvalue weighted by molar-refractivity contribution is 0.321. The molecule has 0 amide bonds. The monoisotopic (exact) mass is 246 g/mol. The fourth-order valence-corrected chi connectivity index (χ4v) is 2.48. The number of aliphatic imine (C=N–C) groups is 1. The van der Waals surface area contributed by atoms with E-state index in [1.54, 1.807) is 0 Å². The van der Waals surface area contributed by atoms with Crippen molar-refractivity contribution in [3.8, 4) is 0 Å². The first kappa shape index (κ1) is 12.9. The Morgan fingerprint density at radius 1 is 1.28 bits per heavy atom. The van der Waals surface area contributed by atoms with Crippen molar-refractivity contribution in [3.05, 3.63) is 35.4 Å². The van der Waals surface area contributed by atoms with Gasteiger partial charge in [0.1, 0.15) is 6.61 Å². The second kappa shape index (κ2) is 6.43. The highest BCUT2D eigenvalue weighted by Crippen LogP contribution is 2.29. The van der Waals surface area contributed by atoms with Gasteiger partial charge in [-0.25, -0.2) is 4.99 Å². The molecule has 1 atom stereocenters. The number of ether oxygens (including phenoxy) is 1. The molecule has 1 aromatic carbocycles. The summed E-state index contributed by atoms with van der Waals surface area (Å²) in [5.74, 6) is 0. The van der Waals surface area contributed by atoms with E-state index < -0.39 is 0 Å². The zero-order valence-corrected chi connectivity index (χ0v) is 11.3. The van der Waals surface area contributed by atoms with E-state index in [9.17, 15) is 0 Å². The molecule has 3 rings (SSSR count). The summed E-state index contributed by atoms with van der Waals surface area (Å²) in [6, 6.07) is 9.76. The van der Waals surface area contributed by atoms with E-state index in [1.165, 1.54) is 30.4 Å². The van der Waals surface area contributed by atoms with Gasteiger partial charge in [0.2, 0.25) is 0 Å². The summed E-state index contributed by atoms with van der Waals surface area (Å²) in [4.78, 5) is 4.29. The van der Waals surface area contributed by atoms with Crippen molar-refractivity contribution in [3.63, 3.8) is 0 Å². The Morgan fingerprint density at radius 2 is 2.11 bits per heavy atom.